The number of nitrogens with zero attached hydrogens (tertiary/aromatic N) is 1. The predicted molar refractivity (Wildman–Crippen MR) is 153 cm³/mol. The Morgan fingerprint density at radius 1 is 0.973 bits per heavy atom. The van der Waals surface area contributed by atoms with E-state index in [-0.39, 0.29) is 17.9 Å². The smallest absolute Gasteiger partial charge is 0.260 e. The first kappa shape index (κ1) is 25.6. The van der Waals surface area contributed by atoms with E-state index in [0.29, 0.717) is 28.9 Å². The van der Waals surface area contributed by atoms with Gasteiger partial charge in [-0.25, -0.2) is 0 Å². The number of fused-ring (bicyclic) bond motifs is 1. The summed E-state index contributed by atoms with van der Waals surface area (Å²) in [5.74, 6) is -0.00754. The van der Waals surface area contributed by atoms with E-state index < -0.39 is 0 Å². The van der Waals surface area contributed by atoms with Crippen LogP contribution in [0.1, 0.15) is 52.7 Å². The lowest BCUT2D eigenvalue weighted by molar-refractivity contribution is -0.130. The van der Waals surface area contributed by atoms with Gasteiger partial charge < -0.3 is 10.2 Å². The standard InChI is InChI=1S/C31H31ClN2O2S/c32-26-10-6-9-24(19-26)21-34-27-11-4-5-12-28(27)37-29(31(34)36)20-23-13-15-25(16-14-23)30(35)33-18-17-22-7-2-1-3-8-22/h1-3,6-10,13-16,19-20,27-28H,4-5,11-12,17-18,21H2,(H,33,35)/b29-20+. The summed E-state index contributed by atoms with van der Waals surface area (Å²) in [7, 11) is 0. The third-order valence-electron chi connectivity index (χ3n) is 7.07. The minimum absolute atomic E-state index is 0.0795. The van der Waals surface area contributed by atoms with Gasteiger partial charge in [0.2, 0.25) is 0 Å². The zero-order valence-corrected chi connectivity index (χ0v) is 22.3. The summed E-state index contributed by atoms with van der Waals surface area (Å²) in [6.07, 6.45) is 7.30. The van der Waals surface area contributed by atoms with Crippen LogP contribution in [0.5, 0.6) is 0 Å². The van der Waals surface area contributed by atoms with Crippen LogP contribution >= 0.6 is 23.4 Å². The van der Waals surface area contributed by atoms with Crippen LogP contribution in [0.15, 0.2) is 83.8 Å². The maximum Gasteiger partial charge on any atom is 0.260 e. The molecule has 0 radical (unpaired) electrons. The zero-order chi connectivity index (χ0) is 25.6. The maximum absolute atomic E-state index is 13.6. The molecule has 0 bridgehead atoms. The van der Waals surface area contributed by atoms with Crippen molar-refractivity contribution in [1.29, 1.82) is 0 Å². The number of benzene rings is 3. The second-order valence-electron chi connectivity index (χ2n) is 9.69. The molecule has 6 heteroatoms. The van der Waals surface area contributed by atoms with Crippen molar-refractivity contribution in [2.45, 2.75) is 49.9 Å². The molecular formula is C31H31ClN2O2S. The van der Waals surface area contributed by atoms with E-state index in [1.807, 2.05) is 77.7 Å². The number of thioether (sulfide) groups is 1. The summed E-state index contributed by atoms with van der Waals surface area (Å²) in [5.41, 5.74) is 3.80. The molecule has 1 N–H and O–H groups in total. The van der Waals surface area contributed by atoms with E-state index in [4.69, 9.17) is 11.6 Å². The lowest BCUT2D eigenvalue weighted by atomic mass is 9.92. The molecule has 190 valence electrons. The zero-order valence-electron chi connectivity index (χ0n) is 20.7. The van der Waals surface area contributed by atoms with Crippen LogP contribution in [0.25, 0.3) is 6.08 Å². The first-order valence-corrected chi connectivity index (χ1v) is 14.2. The number of nitrogens with one attached hydrogen (secondary N) is 1. The number of amides is 2. The van der Waals surface area contributed by atoms with Crippen molar-refractivity contribution in [3.8, 4) is 0 Å². The SMILES string of the molecule is O=C(NCCc1ccccc1)c1ccc(/C=C2/SC3CCCCC3N(Cc3cccc(Cl)c3)C2=O)cc1. The van der Waals surface area contributed by atoms with Crippen molar-refractivity contribution in [1.82, 2.24) is 10.2 Å². The number of hydrogen-bond acceptors (Lipinski definition) is 3. The quantitative estimate of drug-likeness (QED) is 0.344. The molecule has 3 aromatic carbocycles. The second-order valence-corrected chi connectivity index (χ2v) is 11.4. The number of carbonyl (C=O) groups is 2. The van der Waals surface area contributed by atoms with Gasteiger partial charge >= 0.3 is 0 Å². The van der Waals surface area contributed by atoms with E-state index in [0.717, 1.165) is 41.7 Å². The molecule has 2 atom stereocenters. The third kappa shape index (κ3) is 6.46. The average Bonchev–Trinajstić information content (AvgIpc) is 2.92. The molecule has 2 fully saturated rings. The van der Waals surface area contributed by atoms with Crippen molar-refractivity contribution < 1.29 is 9.59 Å². The van der Waals surface area contributed by atoms with E-state index in [1.54, 1.807) is 11.8 Å². The summed E-state index contributed by atoms with van der Waals surface area (Å²) in [6, 6.07) is 25.6. The van der Waals surface area contributed by atoms with E-state index in [2.05, 4.69) is 17.4 Å². The molecule has 2 amide bonds. The van der Waals surface area contributed by atoms with Gasteiger partial charge in [-0.1, -0.05) is 79.0 Å². The van der Waals surface area contributed by atoms with Crippen LogP contribution in [0.4, 0.5) is 0 Å². The van der Waals surface area contributed by atoms with E-state index in [1.165, 1.54) is 12.0 Å². The largest absolute Gasteiger partial charge is 0.352 e. The molecule has 1 saturated carbocycles. The highest BCUT2D eigenvalue weighted by atomic mass is 35.5. The molecule has 2 aliphatic rings. The van der Waals surface area contributed by atoms with Gasteiger partial charge in [0.05, 0.1) is 4.91 Å². The molecule has 1 heterocycles. The minimum Gasteiger partial charge on any atom is -0.352 e. The first-order chi connectivity index (χ1) is 18.1. The molecule has 0 aromatic heterocycles. The van der Waals surface area contributed by atoms with Gasteiger partial charge in [-0.05, 0) is 66.3 Å². The van der Waals surface area contributed by atoms with Crippen molar-refractivity contribution in [2.75, 3.05) is 6.54 Å². The molecule has 1 aliphatic carbocycles. The Morgan fingerprint density at radius 2 is 1.73 bits per heavy atom. The molecule has 1 saturated heterocycles. The van der Waals surface area contributed by atoms with Gasteiger partial charge in [-0.15, -0.1) is 11.8 Å². The Kier molecular flexibility index (Phi) is 8.32. The molecule has 1 aliphatic heterocycles. The third-order valence-corrected chi connectivity index (χ3v) is 8.71. The fraction of sp³-hybridized carbons (Fsp3) is 0.290. The van der Waals surface area contributed by atoms with E-state index in [9.17, 15) is 9.59 Å². The fourth-order valence-electron chi connectivity index (χ4n) is 5.14. The van der Waals surface area contributed by atoms with Gasteiger partial charge in [-0.2, -0.15) is 0 Å². The van der Waals surface area contributed by atoms with Crippen LogP contribution in [0.2, 0.25) is 5.02 Å². The highest BCUT2D eigenvalue weighted by molar-refractivity contribution is 8.04. The fourth-order valence-corrected chi connectivity index (χ4v) is 6.83. The number of hydrogen-bond donors (Lipinski definition) is 1. The van der Waals surface area contributed by atoms with Crippen LogP contribution in [-0.2, 0) is 17.8 Å². The molecular weight excluding hydrogens is 500 g/mol. The summed E-state index contributed by atoms with van der Waals surface area (Å²) < 4.78 is 0. The Balaban J connectivity index is 1.27. The van der Waals surface area contributed by atoms with E-state index >= 15 is 0 Å². The summed E-state index contributed by atoms with van der Waals surface area (Å²) in [6.45, 7) is 1.16. The van der Waals surface area contributed by atoms with Crippen molar-refractivity contribution in [3.05, 3.63) is 111 Å². The minimum atomic E-state index is -0.0870. The number of rotatable bonds is 7. The molecule has 2 unspecified atom stereocenters. The first-order valence-electron chi connectivity index (χ1n) is 12.9. The molecule has 4 nitrogen and oxygen atoms in total. The Bertz CT molecular complexity index is 1280. The predicted octanol–water partition coefficient (Wildman–Crippen LogP) is 6.74. The van der Waals surface area contributed by atoms with Gasteiger partial charge in [-0.3, -0.25) is 9.59 Å². The highest BCUT2D eigenvalue weighted by Crippen LogP contribution is 2.42. The molecule has 5 rings (SSSR count). The second kappa shape index (κ2) is 12.0. The molecule has 0 spiro atoms. The molecule has 3 aromatic rings. The van der Waals surface area contributed by atoms with Crippen LogP contribution < -0.4 is 5.32 Å². The van der Waals surface area contributed by atoms with Crippen molar-refractivity contribution in [2.24, 2.45) is 0 Å². The average molecular weight is 531 g/mol. The summed E-state index contributed by atoms with van der Waals surface area (Å²) in [4.78, 5) is 29.0. The van der Waals surface area contributed by atoms with Crippen molar-refractivity contribution >= 4 is 41.3 Å². The Hall–Kier alpha value is -3.02. The Labute approximate surface area is 228 Å². The van der Waals surface area contributed by atoms with Crippen molar-refractivity contribution in [3.63, 3.8) is 0 Å². The molecule has 37 heavy (non-hydrogen) atoms. The normalized spacial score (nSPS) is 20.5. The number of carbonyl (C=O) groups excluding carboxylic acids is 2. The van der Waals surface area contributed by atoms with Gasteiger partial charge in [0.15, 0.2) is 0 Å². The summed E-state index contributed by atoms with van der Waals surface area (Å²) in [5, 5.41) is 4.09. The highest BCUT2D eigenvalue weighted by Gasteiger charge is 2.40. The number of halogens is 1. The summed E-state index contributed by atoms with van der Waals surface area (Å²) >= 11 is 7.94. The lowest BCUT2D eigenvalue weighted by Gasteiger charge is -2.44. The maximum atomic E-state index is 13.6. The van der Waals surface area contributed by atoms with Crippen LogP contribution in [0.3, 0.4) is 0 Å². The van der Waals surface area contributed by atoms with Crippen LogP contribution in [0, 0.1) is 0 Å². The van der Waals surface area contributed by atoms with Gasteiger partial charge in [0.1, 0.15) is 0 Å². The lowest BCUT2D eigenvalue weighted by Crippen LogP contribution is -2.50. The monoisotopic (exact) mass is 530 g/mol. The van der Waals surface area contributed by atoms with Gasteiger partial charge in [0.25, 0.3) is 11.8 Å². The topological polar surface area (TPSA) is 49.4 Å². The Morgan fingerprint density at radius 3 is 2.51 bits per heavy atom. The van der Waals surface area contributed by atoms with Gasteiger partial charge in [0, 0.05) is 35.0 Å². The van der Waals surface area contributed by atoms with Crippen LogP contribution in [-0.4, -0.2) is 34.6 Å².